The molecule has 1 heterocycles. The molecular formula is C9H11NO2. The highest BCUT2D eigenvalue weighted by Crippen LogP contribution is 2.47. The molecule has 0 radical (unpaired) electrons. The van der Waals surface area contributed by atoms with Crippen molar-refractivity contribution in [3.05, 3.63) is 23.7 Å². The number of furan rings is 1. The second-order valence-electron chi connectivity index (χ2n) is 3.30. The predicted molar refractivity (Wildman–Crippen MR) is 44.6 cm³/mol. The van der Waals surface area contributed by atoms with Crippen molar-refractivity contribution in [1.82, 2.24) is 0 Å². The van der Waals surface area contributed by atoms with E-state index >= 15 is 0 Å². The van der Waals surface area contributed by atoms with Crippen LogP contribution in [0.3, 0.4) is 0 Å². The molecule has 3 heteroatoms. The summed E-state index contributed by atoms with van der Waals surface area (Å²) in [7, 11) is 0. The third-order valence-electron chi connectivity index (χ3n) is 2.31. The van der Waals surface area contributed by atoms with E-state index in [1.165, 1.54) is 12.6 Å². The summed E-state index contributed by atoms with van der Waals surface area (Å²) in [4.78, 5) is 0. The largest absolute Gasteiger partial charge is 0.460 e. The predicted octanol–water partition coefficient (Wildman–Crippen LogP) is 2.21. The van der Waals surface area contributed by atoms with Crippen LogP contribution in [0.5, 0.6) is 0 Å². The maximum absolute atomic E-state index is 8.24. The Labute approximate surface area is 70.7 Å². The lowest BCUT2D eigenvalue weighted by Gasteiger charge is -1.88. The van der Waals surface area contributed by atoms with E-state index in [1.54, 1.807) is 0 Å². The van der Waals surface area contributed by atoms with Crippen LogP contribution in [0.4, 0.5) is 0 Å². The van der Waals surface area contributed by atoms with Crippen LogP contribution in [0.2, 0.25) is 0 Å². The Balaban J connectivity index is 2.14. The van der Waals surface area contributed by atoms with Crippen LogP contribution in [0.25, 0.3) is 0 Å². The molecule has 0 unspecified atom stereocenters. The van der Waals surface area contributed by atoms with E-state index in [4.69, 9.17) is 9.62 Å². The van der Waals surface area contributed by atoms with E-state index in [-0.39, 0.29) is 0 Å². The van der Waals surface area contributed by atoms with Crippen molar-refractivity contribution in [2.24, 2.45) is 11.1 Å². The molecule has 1 aliphatic rings. The Bertz CT molecular complexity index is 303. The van der Waals surface area contributed by atoms with Crippen molar-refractivity contribution in [3.8, 4) is 0 Å². The summed E-state index contributed by atoms with van der Waals surface area (Å²) >= 11 is 0. The number of oxime groups is 1. The Morgan fingerprint density at radius 3 is 3.00 bits per heavy atom. The molecule has 1 fully saturated rings. The molecule has 12 heavy (non-hydrogen) atoms. The first-order valence-electron chi connectivity index (χ1n) is 4.08. The topological polar surface area (TPSA) is 45.7 Å². The highest BCUT2D eigenvalue weighted by atomic mass is 16.4. The highest BCUT2D eigenvalue weighted by Gasteiger charge is 2.36. The van der Waals surface area contributed by atoms with Gasteiger partial charge in [-0.1, -0.05) is 12.1 Å². The zero-order chi connectivity index (χ0) is 8.55. The second kappa shape index (κ2) is 2.66. The van der Waals surface area contributed by atoms with Gasteiger partial charge in [-0.15, -0.1) is 0 Å². The minimum Gasteiger partial charge on any atom is -0.460 e. The third-order valence-corrected chi connectivity index (χ3v) is 2.31. The molecule has 0 bridgehead atoms. The highest BCUT2D eigenvalue weighted by molar-refractivity contribution is 5.75. The van der Waals surface area contributed by atoms with Gasteiger partial charge in [0.05, 0.1) is 0 Å². The van der Waals surface area contributed by atoms with E-state index < -0.39 is 0 Å². The molecule has 1 aromatic heterocycles. The van der Waals surface area contributed by atoms with Crippen LogP contribution < -0.4 is 0 Å². The van der Waals surface area contributed by atoms with Gasteiger partial charge in [0.2, 0.25) is 0 Å². The zero-order valence-corrected chi connectivity index (χ0v) is 6.90. The SMILES string of the molecule is C[C@@H]1C[C@H]1c1ccc(C=NO)o1. The first-order chi connectivity index (χ1) is 5.81. The summed E-state index contributed by atoms with van der Waals surface area (Å²) < 4.78 is 5.41. The fraction of sp³-hybridized carbons (Fsp3) is 0.444. The van der Waals surface area contributed by atoms with Crippen molar-refractivity contribution in [2.75, 3.05) is 0 Å². The van der Waals surface area contributed by atoms with Crippen molar-refractivity contribution in [2.45, 2.75) is 19.3 Å². The maximum atomic E-state index is 8.24. The van der Waals surface area contributed by atoms with Crippen LogP contribution in [0, 0.1) is 5.92 Å². The van der Waals surface area contributed by atoms with Crippen molar-refractivity contribution >= 4 is 6.21 Å². The summed E-state index contributed by atoms with van der Waals surface area (Å²) in [5.41, 5.74) is 0. The van der Waals surface area contributed by atoms with Gasteiger partial charge in [0.25, 0.3) is 0 Å². The monoisotopic (exact) mass is 165 g/mol. The smallest absolute Gasteiger partial charge is 0.148 e. The van der Waals surface area contributed by atoms with Gasteiger partial charge in [0, 0.05) is 5.92 Å². The van der Waals surface area contributed by atoms with Gasteiger partial charge in [-0.2, -0.15) is 0 Å². The molecule has 0 aliphatic heterocycles. The molecule has 1 aromatic rings. The van der Waals surface area contributed by atoms with Gasteiger partial charge in [-0.3, -0.25) is 0 Å². The first-order valence-corrected chi connectivity index (χ1v) is 4.08. The van der Waals surface area contributed by atoms with Crippen molar-refractivity contribution in [3.63, 3.8) is 0 Å². The van der Waals surface area contributed by atoms with Crippen LogP contribution >= 0.6 is 0 Å². The molecule has 1 saturated carbocycles. The lowest BCUT2D eigenvalue weighted by molar-refractivity contribution is 0.320. The van der Waals surface area contributed by atoms with Crippen LogP contribution in [0.15, 0.2) is 21.7 Å². The normalized spacial score (nSPS) is 28.1. The van der Waals surface area contributed by atoms with Crippen molar-refractivity contribution in [1.29, 1.82) is 0 Å². The molecule has 0 aromatic carbocycles. The fourth-order valence-corrected chi connectivity index (χ4v) is 1.41. The van der Waals surface area contributed by atoms with Gasteiger partial charge in [0.1, 0.15) is 17.7 Å². The molecule has 2 rings (SSSR count). The fourth-order valence-electron chi connectivity index (χ4n) is 1.41. The van der Waals surface area contributed by atoms with Gasteiger partial charge < -0.3 is 9.62 Å². The lowest BCUT2D eigenvalue weighted by atomic mass is 10.3. The number of nitrogens with zero attached hydrogens (tertiary/aromatic N) is 1. The Morgan fingerprint density at radius 1 is 1.67 bits per heavy atom. The maximum Gasteiger partial charge on any atom is 0.148 e. The Morgan fingerprint density at radius 2 is 2.42 bits per heavy atom. The van der Waals surface area contributed by atoms with Crippen LogP contribution in [-0.4, -0.2) is 11.4 Å². The van der Waals surface area contributed by atoms with Gasteiger partial charge in [-0.05, 0) is 24.5 Å². The van der Waals surface area contributed by atoms with Gasteiger partial charge in [-0.25, -0.2) is 0 Å². The number of hydrogen-bond donors (Lipinski definition) is 1. The zero-order valence-electron chi connectivity index (χ0n) is 6.90. The standard InChI is InChI=1S/C9H11NO2/c1-6-4-8(6)9-3-2-7(12-9)5-10-11/h2-3,5-6,8,11H,4H2,1H3/t6-,8-/m1/s1. The van der Waals surface area contributed by atoms with Crippen LogP contribution in [-0.2, 0) is 0 Å². The van der Waals surface area contributed by atoms with E-state index in [0.717, 1.165) is 11.7 Å². The van der Waals surface area contributed by atoms with Gasteiger partial charge >= 0.3 is 0 Å². The molecule has 1 aliphatic carbocycles. The Kier molecular flexibility index (Phi) is 1.64. The summed E-state index contributed by atoms with van der Waals surface area (Å²) in [6.45, 7) is 2.20. The summed E-state index contributed by atoms with van der Waals surface area (Å²) in [6, 6.07) is 3.77. The average Bonchev–Trinajstić information content (AvgIpc) is 2.62. The molecule has 0 amide bonds. The van der Waals surface area contributed by atoms with E-state index in [1.807, 2.05) is 12.1 Å². The van der Waals surface area contributed by atoms with E-state index in [9.17, 15) is 0 Å². The summed E-state index contributed by atoms with van der Waals surface area (Å²) in [6.07, 6.45) is 2.51. The summed E-state index contributed by atoms with van der Waals surface area (Å²) in [5, 5.41) is 11.1. The average molecular weight is 165 g/mol. The minimum absolute atomic E-state index is 0.589. The molecule has 0 saturated heterocycles. The number of hydrogen-bond acceptors (Lipinski definition) is 3. The van der Waals surface area contributed by atoms with Gasteiger partial charge in [0.15, 0.2) is 0 Å². The Hall–Kier alpha value is -1.25. The third kappa shape index (κ3) is 1.22. The number of rotatable bonds is 2. The first kappa shape index (κ1) is 7.40. The summed E-state index contributed by atoms with van der Waals surface area (Å²) in [5.74, 6) is 2.96. The quantitative estimate of drug-likeness (QED) is 0.415. The van der Waals surface area contributed by atoms with Crippen LogP contribution in [0.1, 0.15) is 30.8 Å². The van der Waals surface area contributed by atoms with E-state index in [0.29, 0.717) is 11.7 Å². The lowest BCUT2D eigenvalue weighted by Crippen LogP contribution is -1.75. The molecule has 64 valence electrons. The molecular weight excluding hydrogens is 154 g/mol. The minimum atomic E-state index is 0.589. The molecule has 3 nitrogen and oxygen atoms in total. The van der Waals surface area contributed by atoms with Crippen molar-refractivity contribution < 1.29 is 9.62 Å². The molecule has 2 atom stereocenters. The second-order valence-corrected chi connectivity index (χ2v) is 3.30. The molecule has 1 N–H and O–H groups in total. The van der Waals surface area contributed by atoms with E-state index in [2.05, 4.69) is 12.1 Å². The molecule has 0 spiro atoms.